The predicted molar refractivity (Wildman–Crippen MR) is 138 cm³/mol. The number of nitrogens with one attached hydrogen (secondary N) is 1. The molecule has 0 amide bonds. The first-order valence-corrected chi connectivity index (χ1v) is 13.6. The number of Topliss-reactive ketones (excluding diaryl/α,β-unsaturated/α-hetero) is 1. The third-order valence-electron chi connectivity index (χ3n) is 8.62. The van der Waals surface area contributed by atoms with Crippen molar-refractivity contribution in [1.82, 2.24) is 4.98 Å². The van der Waals surface area contributed by atoms with Crippen LogP contribution in [0.15, 0.2) is 54.3 Å². The first kappa shape index (κ1) is 25.7. The Morgan fingerprint density at radius 1 is 1.20 bits per heavy atom. The highest BCUT2D eigenvalue weighted by molar-refractivity contribution is 5.97. The number of ether oxygens (including phenoxy) is 1. The number of aliphatic carboxylic acids is 1. The van der Waals surface area contributed by atoms with Crippen LogP contribution in [0.2, 0.25) is 0 Å². The number of carbonyl (C=O) groups is 2. The van der Waals surface area contributed by atoms with Gasteiger partial charge in [0.15, 0.2) is 5.78 Å². The lowest BCUT2D eigenvalue weighted by atomic mass is 9.69. The van der Waals surface area contributed by atoms with Gasteiger partial charge in [-0.2, -0.15) is 0 Å². The van der Waals surface area contributed by atoms with Gasteiger partial charge >= 0.3 is 5.97 Å². The van der Waals surface area contributed by atoms with Crippen molar-refractivity contribution < 1.29 is 19.4 Å². The van der Waals surface area contributed by atoms with Gasteiger partial charge in [-0.15, -0.1) is 0 Å². The van der Waals surface area contributed by atoms with Gasteiger partial charge in [-0.1, -0.05) is 57.6 Å². The number of hydrogen-bond acceptors (Lipinski definition) is 3. The van der Waals surface area contributed by atoms with E-state index >= 15 is 0 Å². The molecule has 2 aliphatic carbocycles. The number of rotatable bonds is 9. The number of fused-ring (bicyclic) bond motifs is 1. The first-order chi connectivity index (χ1) is 16.9. The van der Waals surface area contributed by atoms with Crippen molar-refractivity contribution in [1.29, 1.82) is 0 Å². The van der Waals surface area contributed by atoms with Crippen LogP contribution in [0.25, 0.3) is 0 Å². The number of carboxylic acid groups (broad SMARTS) is 1. The molecule has 5 heteroatoms. The van der Waals surface area contributed by atoms with E-state index in [1.807, 2.05) is 25.3 Å². The van der Waals surface area contributed by atoms with Crippen molar-refractivity contribution in [2.24, 2.45) is 35.5 Å². The Kier molecular flexibility index (Phi) is 8.48. The second-order valence-corrected chi connectivity index (χ2v) is 10.7. The lowest BCUT2D eigenvalue weighted by Gasteiger charge is -2.38. The maximum Gasteiger partial charge on any atom is 0.309 e. The highest BCUT2D eigenvalue weighted by atomic mass is 16.5. The van der Waals surface area contributed by atoms with E-state index in [1.54, 1.807) is 0 Å². The first-order valence-electron chi connectivity index (χ1n) is 13.6. The molecule has 0 aromatic carbocycles. The summed E-state index contributed by atoms with van der Waals surface area (Å²) in [6, 6.07) is 3.78. The summed E-state index contributed by atoms with van der Waals surface area (Å²) in [6.07, 6.45) is 19.2. The van der Waals surface area contributed by atoms with E-state index in [1.165, 1.54) is 18.4 Å². The molecule has 8 atom stereocenters. The van der Waals surface area contributed by atoms with Gasteiger partial charge in [0.25, 0.3) is 0 Å². The molecule has 3 aliphatic rings. The maximum absolute atomic E-state index is 13.5. The molecule has 1 aliphatic heterocycles. The number of aromatic nitrogens is 1. The van der Waals surface area contributed by atoms with Crippen LogP contribution in [-0.4, -0.2) is 34.1 Å². The molecule has 1 aromatic rings. The maximum atomic E-state index is 13.5. The number of carbonyl (C=O) groups excluding carboxylic acids is 1. The Balaban J connectivity index is 1.53. The van der Waals surface area contributed by atoms with Crippen molar-refractivity contribution in [2.45, 2.75) is 77.9 Å². The molecule has 0 spiro atoms. The Morgan fingerprint density at radius 2 is 2.03 bits per heavy atom. The summed E-state index contributed by atoms with van der Waals surface area (Å²) >= 11 is 0. The lowest BCUT2D eigenvalue weighted by molar-refractivity contribution is -0.154. The third kappa shape index (κ3) is 5.55. The highest BCUT2D eigenvalue weighted by Gasteiger charge is 2.42. The van der Waals surface area contributed by atoms with Gasteiger partial charge in [0.05, 0.1) is 23.8 Å². The summed E-state index contributed by atoms with van der Waals surface area (Å²) in [5, 5.41) is 9.62. The SMILES string of the molecule is CC/C(=C\C=C\[C@H]1C=C[C@@H]2CCC[C@H]2[C@@H]1C(=O)c1ccc[nH]1)[C@@H]1OC([C@@H](CC)C(=O)O)CC[C@@H]1C. The normalized spacial score (nSPS) is 34.1. The molecule has 35 heavy (non-hydrogen) atoms. The van der Waals surface area contributed by atoms with Crippen LogP contribution in [0, 0.1) is 35.5 Å². The van der Waals surface area contributed by atoms with Crippen LogP contribution in [0.4, 0.5) is 0 Å². The molecule has 1 saturated carbocycles. The summed E-state index contributed by atoms with van der Waals surface area (Å²) in [6.45, 7) is 6.26. The molecule has 2 fully saturated rings. The highest BCUT2D eigenvalue weighted by Crippen LogP contribution is 2.46. The van der Waals surface area contributed by atoms with Gasteiger partial charge in [-0.05, 0) is 74.0 Å². The topological polar surface area (TPSA) is 79.4 Å². The van der Waals surface area contributed by atoms with Crippen LogP contribution in [0.1, 0.15) is 76.2 Å². The number of allylic oxidation sites excluding steroid dienone is 5. The largest absolute Gasteiger partial charge is 0.481 e. The Hall–Kier alpha value is -2.40. The average Bonchev–Trinajstić information content (AvgIpc) is 3.55. The molecule has 4 rings (SSSR count). The van der Waals surface area contributed by atoms with Crippen molar-refractivity contribution in [3.05, 3.63) is 60.0 Å². The second-order valence-electron chi connectivity index (χ2n) is 10.7. The summed E-state index contributed by atoms with van der Waals surface area (Å²) in [5.41, 5.74) is 1.91. The molecule has 1 saturated heterocycles. The zero-order valence-electron chi connectivity index (χ0n) is 21.4. The molecule has 0 bridgehead atoms. The molecule has 0 radical (unpaired) electrons. The Labute approximate surface area is 209 Å². The lowest BCUT2D eigenvalue weighted by Crippen LogP contribution is -2.41. The van der Waals surface area contributed by atoms with Gasteiger partial charge in [0, 0.05) is 18.0 Å². The van der Waals surface area contributed by atoms with Gasteiger partial charge in [-0.25, -0.2) is 0 Å². The van der Waals surface area contributed by atoms with E-state index in [2.05, 4.69) is 49.2 Å². The number of carboxylic acids is 1. The predicted octanol–water partition coefficient (Wildman–Crippen LogP) is 6.60. The molecule has 2 heterocycles. The number of ketones is 1. The van der Waals surface area contributed by atoms with Crippen LogP contribution in [0.5, 0.6) is 0 Å². The van der Waals surface area contributed by atoms with Crippen LogP contribution in [-0.2, 0) is 9.53 Å². The minimum atomic E-state index is -0.764. The fraction of sp³-hybridized carbons (Fsp3) is 0.600. The van der Waals surface area contributed by atoms with Gasteiger partial charge in [-0.3, -0.25) is 9.59 Å². The fourth-order valence-electron chi connectivity index (χ4n) is 6.63. The van der Waals surface area contributed by atoms with E-state index in [9.17, 15) is 14.7 Å². The number of H-pyrrole nitrogens is 1. The van der Waals surface area contributed by atoms with Gasteiger partial charge < -0.3 is 14.8 Å². The minimum absolute atomic E-state index is 0.0315. The third-order valence-corrected chi connectivity index (χ3v) is 8.62. The van der Waals surface area contributed by atoms with Crippen molar-refractivity contribution in [3.63, 3.8) is 0 Å². The van der Waals surface area contributed by atoms with Gasteiger partial charge in [0.1, 0.15) is 0 Å². The summed E-state index contributed by atoms with van der Waals surface area (Å²) in [5.74, 6) is 0.323. The van der Waals surface area contributed by atoms with Crippen molar-refractivity contribution >= 4 is 11.8 Å². The summed E-state index contributed by atoms with van der Waals surface area (Å²) < 4.78 is 6.42. The van der Waals surface area contributed by atoms with E-state index in [4.69, 9.17) is 4.74 Å². The van der Waals surface area contributed by atoms with Crippen molar-refractivity contribution in [3.8, 4) is 0 Å². The molecule has 5 nitrogen and oxygen atoms in total. The minimum Gasteiger partial charge on any atom is -0.481 e. The van der Waals surface area contributed by atoms with Crippen LogP contribution < -0.4 is 0 Å². The summed E-state index contributed by atoms with van der Waals surface area (Å²) in [4.78, 5) is 28.3. The molecule has 1 aromatic heterocycles. The van der Waals surface area contributed by atoms with Crippen LogP contribution in [0.3, 0.4) is 0 Å². The quantitative estimate of drug-likeness (QED) is 0.237. The standard InChI is InChI=1S/C30H41NO4/c1-4-20(29-19(3)14-17-26(35-29)23(5-2)30(33)34)9-6-11-22-16-15-21-10-7-12-24(21)27(22)28(32)25-13-8-18-31-25/h6,8-9,11,13,15-16,18-19,21-24,26-27,29,31H,4-5,7,10,12,14,17H2,1-3H3,(H,33,34)/b11-6+,20-9+/t19-,21-,22-,23+,24+,26?,27+,29+/m0/s1. The number of hydrogen-bond donors (Lipinski definition) is 2. The Morgan fingerprint density at radius 3 is 2.71 bits per heavy atom. The average molecular weight is 480 g/mol. The van der Waals surface area contributed by atoms with Gasteiger partial charge in [0.2, 0.25) is 0 Å². The number of aromatic amines is 1. The van der Waals surface area contributed by atoms with Crippen molar-refractivity contribution in [2.75, 3.05) is 0 Å². The molecular weight excluding hydrogens is 438 g/mol. The molecular formula is C30H41NO4. The fourth-order valence-corrected chi connectivity index (χ4v) is 6.63. The van der Waals surface area contributed by atoms with E-state index in [-0.39, 0.29) is 29.8 Å². The van der Waals surface area contributed by atoms with Crippen LogP contribution >= 0.6 is 0 Å². The molecule has 190 valence electrons. The summed E-state index contributed by atoms with van der Waals surface area (Å²) in [7, 11) is 0. The zero-order chi connectivity index (χ0) is 24.9. The van der Waals surface area contributed by atoms with E-state index < -0.39 is 11.9 Å². The smallest absolute Gasteiger partial charge is 0.309 e. The molecule has 2 N–H and O–H groups in total. The second kappa shape index (κ2) is 11.6. The van der Waals surface area contributed by atoms with E-state index in [0.717, 1.165) is 25.7 Å². The van der Waals surface area contributed by atoms with E-state index in [0.29, 0.717) is 29.9 Å². The Bertz CT molecular complexity index is 959. The molecule has 1 unspecified atom stereocenters. The monoisotopic (exact) mass is 479 g/mol. The zero-order valence-corrected chi connectivity index (χ0v) is 21.4.